The lowest BCUT2D eigenvalue weighted by Crippen LogP contribution is -2.70. The topological polar surface area (TPSA) is 109 Å². The van der Waals surface area contributed by atoms with Gasteiger partial charge in [-0.1, -0.05) is 13.8 Å². The third-order valence-corrected chi connectivity index (χ3v) is 3.67. The van der Waals surface area contributed by atoms with E-state index in [0.29, 0.717) is 0 Å². The van der Waals surface area contributed by atoms with Crippen LogP contribution in [0.2, 0.25) is 0 Å². The molecule has 0 bridgehead atoms. The van der Waals surface area contributed by atoms with Gasteiger partial charge in [0.2, 0.25) is 5.41 Å². The molecule has 0 N–H and O–H groups in total. The zero-order valence-electron chi connectivity index (χ0n) is 12.5. The average molecular weight is 294 g/mol. The lowest BCUT2D eigenvalue weighted by Gasteiger charge is -2.51. The first-order chi connectivity index (χ1) is 9.86. The third kappa shape index (κ3) is 2.24. The molecule has 1 unspecified atom stereocenters. The molecule has 0 aromatic heterocycles. The van der Waals surface area contributed by atoms with Crippen LogP contribution in [0, 0.1) is 39.4 Å². The van der Waals surface area contributed by atoms with Crippen LogP contribution in [0.15, 0.2) is 0 Å². The Morgan fingerprint density at radius 2 is 1.67 bits per heavy atom. The minimum absolute atomic E-state index is 0.0447. The number of carbonyl (C=O) groups excluding carboxylic acids is 2. The van der Waals surface area contributed by atoms with Crippen molar-refractivity contribution in [3.05, 3.63) is 0 Å². The number of carbonyl (C=O) groups is 2. The van der Waals surface area contributed by atoms with Gasteiger partial charge < -0.3 is 14.2 Å². The number of hydrogen-bond acceptors (Lipinski definition) is 7. The van der Waals surface area contributed by atoms with Crippen LogP contribution >= 0.6 is 0 Å². The van der Waals surface area contributed by atoms with Gasteiger partial charge in [0.25, 0.3) is 0 Å². The van der Waals surface area contributed by atoms with Gasteiger partial charge in [-0.15, -0.1) is 0 Å². The van der Waals surface area contributed by atoms with Crippen LogP contribution in [0.3, 0.4) is 0 Å². The van der Waals surface area contributed by atoms with Crippen molar-refractivity contribution < 1.29 is 23.8 Å². The van der Waals surface area contributed by atoms with E-state index in [-0.39, 0.29) is 18.9 Å². The Morgan fingerprint density at radius 1 is 1.19 bits per heavy atom. The quantitative estimate of drug-likeness (QED) is 0.544. The van der Waals surface area contributed by atoms with Crippen LogP contribution in [0.4, 0.5) is 0 Å². The zero-order valence-corrected chi connectivity index (χ0v) is 12.5. The highest BCUT2D eigenvalue weighted by atomic mass is 16.6. The standard InChI is InChI=1S/C14H18N2O5/c1-9(2)6-21-10-5-13(7-15,8-16)14(10,11(17)19-3)12(18)20-4/h9-10H,5-6H2,1-4H3. The molecule has 1 fully saturated rings. The molecule has 0 amide bonds. The van der Waals surface area contributed by atoms with Gasteiger partial charge in [0.1, 0.15) is 0 Å². The second-order valence-corrected chi connectivity index (χ2v) is 5.34. The molecule has 1 aliphatic rings. The van der Waals surface area contributed by atoms with Crippen LogP contribution in [0.25, 0.3) is 0 Å². The van der Waals surface area contributed by atoms with Crippen molar-refractivity contribution in [2.75, 3.05) is 20.8 Å². The van der Waals surface area contributed by atoms with Crippen LogP contribution < -0.4 is 0 Å². The van der Waals surface area contributed by atoms with Gasteiger partial charge in [-0.3, -0.25) is 9.59 Å². The highest BCUT2D eigenvalue weighted by Gasteiger charge is 2.78. The SMILES string of the molecule is COC(=O)C1(C(=O)OC)C(OCC(C)C)CC1(C#N)C#N. The lowest BCUT2D eigenvalue weighted by molar-refractivity contribution is -0.218. The Balaban J connectivity index is 3.32. The van der Waals surface area contributed by atoms with Crippen LogP contribution in [0.1, 0.15) is 20.3 Å². The van der Waals surface area contributed by atoms with Gasteiger partial charge in [-0.25, -0.2) is 0 Å². The van der Waals surface area contributed by atoms with Crippen molar-refractivity contribution in [2.24, 2.45) is 16.7 Å². The molecule has 0 aromatic carbocycles. The first kappa shape index (κ1) is 16.9. The fraction of sp³-hybridized carbons (Fsp3) is 0.714. The molecule has 1 saturated carbocycles. The highest BCUT2D eigenvalue weighted by Crippen LogP contribution is 2.59. The van der Waals surface area contributed by atoms with E-state index < -0.39 is 28.9 Å². The molecule has 0 heterocycles. The smallest absolute Gasteiger partial charge is 0.328 e. The van der Waals surface area contributed by atoms with Crippen molar-refractivity contribution in [1.29, 1.82) is 10.5 Å². The molecule has 0 saturated heterocycles. The first-order valence-electron chi connectivity index (χ1n) is 6.47. The summed E-state index contributed by atoms with van der Waals surface area (Å²) in [5.74, 6) is -1.81. The summed E-state index contributed by atoms with van der Waals surface area (Å²) in [7, 11) is 2.18. The molecular formula is C14H18N2O5. The minimum Gasteiger partial charge on any atom is -0.468 e. The highest BCUT2D eigenvalue weighted by molar-refractivity contribution is 6.04. The molecule has 7 nitrogen and oxygen atoms in total. The Kier molecular flexibility index (Phi) is 4.93. The van der Waals surface area contributed by atoms with Gasteiger partial charge in [-0.2, -0.15) is 10.5 Å². The normalized spacial score (nSPS) is 21.6. The van der Waals surface area contributed by atoms with E-state index in [1.165, 1.54) is 0 Å². The van der Waals surface area contributed by atoms with Gasteiger partial charge in [0, 0.05) is 13.0 Å². The van der Waals surface area contributed by atoms with E-state index in [2.05, 4.69) is 9.47 Å². The summed E-state index contributed by atoms with van der Waals surface area (Å²) in [6.45, 7) is 4.09. The van der Waals surface area contributed by atoms with E-state index in [0.717, 1.165) is 14.2 Å². The average Bonchev–Trinajstić information content (AvgIpc) is 2.46. The second-order valence-electron chi connectivity index (χ2n) is 5.34. The van der Waals surface area contributed by atoms with Crippen LogP contribution in [-0.2, 0) is 23.8 Å². The Bertz CT molecular complexity index is 484. The summed E-state index contributed by atoms with van der Waals surface area (Å²) in [4.78, 5) is 24.4. The van der Waals surface area contributed by atoms with E-state index in [9.17, 15) is 20.1 Å². The van der Waals surface area contributed by atoms with Gasteiger partial charge in [0.05, 0.1) is 32.5 Å². The molecule has 1 aliphatic carbocycles. The fourth-order valence-electron chi connectivity index (χ4n) is 2.54. The summed E-state index contributed by atoms with van der Waals surface area (Å²) < 4.78 is 14.9. The van der Waals surface area contributed by atoms with Crippen molar-refractivity contribution in [3.8, 4) is 12.1 Å². The third-order valence-electron chi connectivity index (χ3n) is 3.67. The number of hydrogen-bond donors (Lipinski definition) is 0. The van der Waals surface area contributed by atoms with E-state index >= 15 is 0 Å². The Hall–Kier alpha value is -2.12. The van der Waals surface area contributed by atoms with Crippen molar-refractivity contribution in [3.63, 3.8) is 0 Å². The number of rotatable bonds is 5. The van der Waals surface area contributed by atoms with Crippen LogP contribution in [0.5, 0.6) is 0 Å². The van der Waals surface area contributed by atoms with Crippen molar-refractivity contribution >= 4 is 11.9 Å². The molecule has 114 valence electrons. The van der Waals surface area contributed by atoms with E-state index in [1.54, 1.807) is 12.1 Å². The Morgan fingerprint density at radius 3 is 2.00 bits per heavy atom. The molecule has 1 rings (SSSR count). The molecule has 0 spiro atoms. The minimum atomic E-state index is -2.06. The van der Waals surface area contributed by atoms with Crippen molar-refractivity contribution in [1.82, 2.24) is 0 Å². The number of esters is 2. The van der Waals surface area contributed by atoms with Gasteiger partial charge in [0.15, 0.2) is 5.41 Å². The van der Waals surface area contributed by atoms with E-state index in [4.69, 9.17) is 4.74 Å². The molecular weight excluding hydrogens is 276 g/mol. The maximum Gasteiger partial charge on any atom is 0.328 e. The summed E-state index contributed by atoms with van der Waals surface area (Å²) in [5.41, 5.74) is -3.90. The maximum atomic E-state index is 12.2. The number of methoxy groups -OCH3 is 2. The molecule has 7 heteroatoms. The first-order valence-corrected chi connectivity index (χ1v) is 6.47. The predicted molar refractivity (Wildman–Crippen MR) is 69.3 cm³/mol. The monoisotopic (exact) mass is 294 g/mol. The number of nitriles is 2. The Labute approximate surface area is 123 Å². The number of ether oxygens (including phenoxy) is 3. The van der Waals surface area contributed by atoms with Gasteiger partial charge in [-0.05, 0) is 5.92 Å². The summed E-state index contributed by atoms with van der Waals surface area (Å²) >= 11 is 0. The molecule has 21 heavy (non-hydrogen) atoms. The molecule has 0 aliphatic heterocycles. The fourth-order valence-corrected chi connectivity index (χ4v) is 2.54. The lowest BCUT2D eigenvalue weighted by atomic mass is 9.48. The van der Waals surface area contributed by atoms with Crippen LogP contribution in [-0.4, -0.2) is 38.9 Å². The molecule has 1 atom stereocenters. The predicted octanol–water partition coefficient (Wildman–Crippen LogP) is 0.797. The second kappa shape index (κ2) is 6.11. The number of nitrogens with zero attached hydrogens (tertiary/aromatic N) is 2. The van der Waals surface area contributed by atoms with Crippen molar-refractivity contribution in [2.45, 2.75) is 26.4 Å². The summed E-state index contributed by atoms with van der Waals surface area (Å²) in [6.07, 6.45) is -0.962. The zero-order chi connectivity index (χ0) is 16.3. The summed E-state index contributed by atoms with van der Waals surface area (Å²) in [5, 5.41) is 18.6. The largest absolute Gasteiger partial charge is 0.468 e. The summed E-state index contributed by atoms with van der Waals surface area (Å²) in [6, 6.07) is 3.52. The van der Waals surface area contributed by atoms with E-state index in [1.807, 2.05) is 13.8 Å². The maximum absolute atomic E-state index is 12.2. The molecule has 0 radical (unpaired) electrons. The molecule has 0 aromatic rings. The van der Waals surface area contributed by atoms with Gasteiger partial charge >= 0.3 is 11.9 Å².